The lowest BCUT2D eigenvalue weighted by Gasteiger charge is -2.40. The van der Waals surface area contributed by atoms with Crippen LogP contribution in [0.1, 0.15) is 27.2 Å². The number of aliphatic hydroxyl groups excluding tert-OH is 1. The maximum absolute atomic E-state index is 13.1. The van der Waals surface area contributed by atoms with Crippen molar-refractivity contribution in [2.24, 2.45) is 5.92 Å². The van der Waals surface area contributed by atoms with E-state index in [-0.39, 0.29) is 22.3 Å². The van der Waals surface area contributed by atoms with E-state index in [1.165, 1.54) is 5.19 Å². The van der Waals surface area contributed by atoms with Gasteiger partial charge in [0.15, 0.2) is 11.9 Å². The molecule has 1 saturated heterocycles. The highest BCUT2D eigenvalue weighted by atomic mass is 28.4. The average Bonchev–Trinajstić information content (AvgIpc) is 2.81. The Morgan fingerprint density at radius 2 is 1.72 bits per heavy atom. The lowest BCUT2D eigenvalue weighted by atomic mass is 9.93. The molecule has 0 saturated carbocycles. The summed E-state index contributed by atoms with van der Waals surface area (Å²) in [7, 11) is -4.19. The Bertz CT molecular complexity index is 780. The van der Waals surface area contributed by atoms with Gasteiger partial charge in [0.05, 0.1) is 8.07 Å². The van der Waals surface area contributed by atoms with Gasteiger partial charge in [-0.05, 0) is 42.1 Å². The van der Waals surface area contributed by atoms with Gasteiger partial charge in [0.1, 0.15) is 11.9 Å². The molecule has 3 rings (SSSR count). The van der Waals surface area contributed by atoms with Crippen molar-refractivity contribution in [1.82, 2.24) is 0 Å². The molecule has 1 aliphatic carbocycles. The van der Waals surface area contributed by atoms with Gasteiger partial charge in [-0.2, -0.15) is 0 Å². The number of hydrogen-bond donors (Lipinski definition) is 1. The molecule has 4 atom stereocenters. The minimum atomic E-state index is -2.16. The summed E-state index contributed by atoms with van der Waals surface area (Å²) in [6.45, 7) is 16.1. The molecule has 0 spiro atoms. The standard InChI is InChI=1S/C23H36O4Si2/c1-23(2,3)29(6,7)27-18-15-19(28(4,5)16-11-9-8-10-12-16)17-13-14-26-22(18)21(25)20(17)24/h8-12,15,17,19-20,22,24H,13-14H2,1-7H3/t17-,19+,20?,22+/m1/s1. The Hall–Kier alpha value is -1.22. The second-order valence-corrected chi connectivity index (χ2v) is 20.0. The van der Waals surface area contributed by atoms with Crippen molar-refractivity contribution < 1.29 is 19.1 Å². The van der Waals surface area contributed by atoms with Crippen LogP contribution in [0.3, 0.4) is 0 Å². The summed E-state index contributed by atoms with van der Waals surface area (Å²) in [4.78, 5) is 13.1. The smallest absolute Gasteiger partial charge is 0.250 e. The third-order valence-electron chi connectivity index (χ3n) is 7.29. The number of ketones is 1. The maximum atomic E-state index is 13.1. The van der Waals surface area contributed by atoms with Gasteiger partial charge in [-0.3, -0.25) is 4.79 Å². The van der Waals surface area contributed by atoms with E-state index in [0.29, 0.717) is 18.8 Å². The zero-order chi connectivity index (χ0) is 21.6. The molecular formula is C23H36O4Si2. The SMILES string of the molecule is CC(C)(C)[Si](C)(C)OC1=C[C@H]([Si](C)(C)c2ccccc2)[C@H]2CCO[C@@H]1C(=O)C2O. The van der Waals surface area contributed by atoms with Crippen LogP contribution in [-0.2, 0) is 14.0 Å². The maximum Gasteiger partial charge on any atom is 0.250 e. The number of aliphatic hydroxyl groups is 1. The number of allylic oxidation sites excluding steroid dienone is 1. The number of carbonyl (C=O) groups excluding carboxylic acids is 1. The fourth-order valence-electron chi connectivity index (χ4n) is 4.25. The van der Waals surface area contributed by atoms with E-state index in [1.807, 2.05) is 6.07 Å². The Balaban J connectivity index is 2.11. The van der Waals surface area contributed by atoms with Gasteiger partial charge >= 0.3 is 0 Å². The third kappa shape index (κ3) is 4.17. The van der Waals surface area contributed by atoms with E-state index < -0.39 is 28.6 Å². The predicted octanol–water partition coefficient (Wildman–Crippen LogP) is 4.23. The van der Waals surface area contributed by atoms with Crippen molar-refractivity contribution in [3.63, 3.8) is 0 Å². The van der Waals surface area contributed by atoms with Crippen molar-refractivity contribution >= 4 is 27.4 Å². The number of fused-ring (bicyclic) bond motifs is 3. The molecule has 2 aliphatic rings. The molecule has 0 amide bonds. The zero-order valence-electron chi connectivity index (χ0n) is 18.9. The second-order valence-electron chi connectivity index (χ2n) is 10.6. The highest BCUT2D eigenvalue weighted by Gasteiger charge is 2.51. The van der Waals surface area contributed by atoms with Gasteiger partial charge in [0, 0.05) is 6.61 Å². The first kappa shape index (κ1) is 22.5. The van der Waals surface area contributed by atoms with Crippen LogP contribution in [0, 0.1) is 5.92 Å². The summed E-state index contributed by atoms with van der Waals surface area (Å²) < 4.78 is 12.6. The lowest BCUT2D eigenvalue weighted by molar-refractivity contribution is -0.136. The molecule has 1 heterocycles. The number of Topliss-reactive ketones (excluding diaryl/α,β-unsaturated/α-hetero) is 1. The minimum Gasteiger partial charge on any atom is -0.544 e. The highest BCUT2D eigenvalue weighted by Crippen LogP contribution is 2.45. The van der Waals surface area contributed by atoms with Gasteiger partial charge < -0.3 is 14.3 Å². The first-order valence-corrected chi connectivity index (χ1v) is 16.6. The van der Waals surface area contributed by atoms with Crippen molar-refractivity contribution in [3.8, 4) is 0 Å². The van der Waals surface area contributed by atoms with E-state index in [1.54, 1.807) is 0 Å². The third-order valence-corrected chi connectivity index (χ3v) is 15.7. The fourth-order valence-corrected chi connectivity index (χ4v) is 8.76. The normalized spacial score (nSPS) is 28.6. The molecule has 1 unspecified atom stereocenters. The highest BCUT2D eigenvalue weighted by molar-refractivity contribution is 6.91. The summed E-state index contributed by atoms with van der Waals surface area (Å²) in [6.07, 6.45) is 1.08. The van der Waals surface area contributed by atoms with Crippen molar-refractivity contribution in [1.29, 1.82) is 0 Å². The quantitative estimate of drug-likeness (QED) is 0.724. The number of ether oxygens (including phenoxy) is 1. The molecule has 1 N–H and O–H groups in total. The Labute approximate surface area is 177 Å². The Kier molecular flexibility index (Phi) is 6.04. The van der Waals surface area contributed by atoms with E-state index in [0.717, 1.165) is 0 Å². The molecule has 0 aromatic heterocycles. The first-order chi connectivity index (χ1) is 13.4. The first-order valence-electron chi connectivity index (χ1n) is 10.7. The van der Waals surface area contributed by atoms with Crippen molar-refractivity contribution in [2.75, 3.05) is 6.61 Å². The van der Waals surface area contributed by atoms with Crippen LogP contribution < -0.4 is 5.19 Å². The fraction of sp³-hybridized carbons (Fsp3) is 0.609. The Morgan fingerprint density at radius 1 is 1.10 bits per heavy atom. The number of carbonyl (C=O) groups is 1. The van der Waals surface area contributed by atoms with Crippen LogP contribution in [-0.4, -0.2) is 46.1 Å². The molecule has 160 valence electrons. The van der Waals surface area contributed by atoms with Gasteiger partial charge in [0.2, 0.25) is 8.32 Å². The largest absolute Gasteiger partial charge is 0.544 e. The topological polar surface area (TPSA) is 55.8 Å². The van der Waals surface area contributed by atoms with Crippen LogP contribution >= 0.6 is 0 Å². The van der Waals surface area contributed by atoms with E-state index >= 15 is 0 Å². The molecule has 2 bridgehead atoms. The van der Waals surface area contributed by atoms with Crippen LogP contribution in [0.4, 0.5) is 0 Å². The summed E-state index contributed by atoms with van der Waals surface area (Å²) >= 11 is 0. The summed E-state index contributed by atoms with van der Waals surface area (Å²) in [5.41, 5.74) is 0.109. The van der Waals surface area contributed by atoms with Crippen LogP contribution in [0.2, 0.25) is 36.8 Å². The molecule has 1 fully saturated rings. The van der Waals surface area contributed by atoms with E-state index in [4.69, 9.17) is 9.16 Å². The second kappa shape index (κ2) is 7.80. The number of rotatable bonds is 4. The van der Waals surface area contributed by atoms with Gasteiger partial charge in [-0.25, -0.2) is 0 Å². The van der Waals surface area contributed by atoms with Crippen LogP contribution in [0.15, 0.2) is 42.2 Å². The molecule has 1 aliphatic heterocycles. The average molecular weight is 433 g/mol. The van der Waals surface area contributed by atoms with Gasteiger partial charge in [-0.15, -0.1) is 0 Å². The number of hydrogen-bond acceptors (Lipinski definition) is 4. The number of benzene rings is 1. The van der Waals surface area contributed by atoms with Gasteiger partial charge in [-0.1, -0.05) is 69.4 Å². The minimum absolute atomic E-state index is 0.0117. The Morgan fingerprint density at radius 3 is 2.31 bits per heavy atom. The molecule has 0 radical (unpaired) electrons. The van der Waals surface area contributed by atoms with E-state index in [9.17, 15) is 9.90 Å². The van der Waals surface area contributed by atoms with Crippen LogP contribution in [0.25, 0.3) is 0 Å². The summed E-state index contributed by atoms with van der Waals surface area (Å²) in [5.74, 6) is 0.275. The predicted molar refractivity (Wildman–Crippen MR) is 123 cm³/mol. The zero-order valence-corrected chi connectivity index (χ0v) is 20.9. The van der Waals surface area contributed by atoms with Crippen LogP contribution in [0.5, 0.6) is 0 Å². The van der Waals surface area contributed by atoms with Gasteiger partial charge in [0.25, 0.3) is 0 Å². The summed E-state index contributed by atoms with van der Waals surface area (Å²) in [6, 6.07) is 10.6. The molecular weight excluding hydrogens is 396 g/mol. The van der Waals surface area contributed by atoms with Crippen molar-refractivity contribution in [2.45, 2.75) is 76.2 Å². The molecule has 29 heavy (non-hydrogen) atoms. The molecule has 1 aromatic carbocycles. The molecule has 1 aromatic rings. The van der Waals surface area contributed by atoms with Crippen molar-refractivity contribution in [3.05, 3.63) is 42.2 Å². The lowest BCUT2D eigenvalue weighted by Crippen LogP contribution is -2.50. The molecule has 6 heteroatoms. The monoisotopic (exact) mass is 432 g/mol. The summed E-state index contributed by atoms with van der Waals surface area (Å²) in [5, 5.41) is 12.3. The van der Waals surface area contributed by atoms with E-state index in [2.05, 4.69) is 77.3 Å². The molecule has 4 nitrogen and oxygen atoms in total.